The highest BCUT2D eigenvalue weighted by Crippen LogP contribution is 2.22. The number of rotatable bonds is 4. The number of benzene rings is 1. The first-order valence-corrected chi connectivity index (χ1v) is 8.52. The molecule has 120 valence electrons. The molecule has 0 radical (unpaired) electrons. The molecule has 7 nitrogen and oxygen atoms in total. The Kier molecular flexibility index (Phi) is 3.78. The van der Waals surface area contributed by atoms with Crippen molar-refractivity contribution in [1.82, 2.24) is 14.5 Å². The van der Waals surface area contributed by atoms with Crippen molar-refractivity contribution in [3.05, 3.63) is 48.4 Å². The molecule has 0 fully saturated rings. The third-order valence-electron chi connectivity index (χ3n) is 3.68. The van der Waals surface area contributed by atoms with Crippen LogP contribution >= 0.6 is 0 Å². The summed E-state index contributed by atoms with van der Waals surface area (Å²) < 4.78 is 25.4. The summed E-state index contributed by atoms with van der Waals surface area (Å²) in [6.45, 7) is 0.407. The Bertz CT molecular complexity index is 965. The molecule has 2 heterocycles. The molecular weight excluding hydrogens is 314 g/mol. The van der Waals surface area contributed by atoms with Gasteiger partial charge >= 0.3 is 0 Å². The van der Waals surface area contributed by atoms with E-state index in [1.54, 1.807) is 18.0 Å². The van der Waals surface area contributed by atoms with Crippen LogP contribution in [0.5, 0.6) is 0 Å². The van der Waals surface area contributed by atoms with Gasteiger partial charge in [-0.1, -0.05) is 12.1 Å². The van der Waals surface area contributed by atoms with E-state index in [4.69, 9.17) is 5.14 Å². The second-order valence-corrected chi connectivity index (χ2v) is 6.83. The van der Waals surface area contributed by atoms with Gasteiger partial charge < -0.3 is 9.47 Å². The van der Waals surface area contributed by atoms with Crippen molar-refractivity contribution >= 4 is 26.9 Å². The summed E-state index contributed by atoms with van der Waals surface area (Å²) in [4.78, 5) is 10.5. The van der Waals surface area contributed by atoms with Gasteiger partial charge in [-0.2, -0.15) is 0 Å². The molecule has 0 unspecified atom stereocenters. The van der Waals surface area contributed by atoms with E-state index in [0.717, 1.165) is 16.9 Å². The number of pyridine rings is 1. The molecule has 1 aromatic carbocycles. The van der Waals surface area contributed by atoms with Gasteiger partial charge in [-0.05, 0) is 24.3 Å². The molecule has 8 heteroatoms. The molecule has 3 rings (SSSR count). The number of aryl methyl sites for hydroxylation is 1. The van der Waals surface area contributed by atoms with Gasteiger partial charge in [0.2, 0.25) is 10.0 Å². The molecule has 2 aromatic heterocycles. The van der Waals surface area contributed by atoms with Crippen molar-refractivity contribution in [2.75, 3.05) is 11.9 Å². The van der Waals surface area contributed by atoms with E-state index in [0.29, 0.717) is 12.4 Å². The second kappa shape index (κ2) is 5.64. The lowest BCUT2D eigenvalue weighted by Gasteiger charge is -2.19. The Balaban J connectivity index is 1.99. The minimum Gasteiger partial charge on any atom is -0.351 e. The zero-order valence-corrected chi connectivity index (χ0v) is 13.7. The fraction of sp³-hybridized carbons (Fsp3) is 0.200. The smallest absolute Gasteiger partial charge is 0.241 e. The van der Waals surface area contributed by atoms with Gasteiger partial charge in [0.05, 0.1) is 17.6 Å². The summed E-state index contributed by atoms with van der Waals surface area (Å²) in [6.07, 6.45) is 1.54. The summed E-state index contributed by atoms with van der Waals surface area (Å²) in [6, 6.07) is 10.8. The number of imidazole rings is 1. The molecule has 3 aromatic rings. The Hall–Kier alpha value is -2.45. The maximum absolute atomic E-state index is 11.7. The van der Waals surface area contributed by atoms with Crippen LogP contribution in [0, 0.1) is 0 Å². The van der Waals surface area contributed by atoms with E-state index in [1.807, 2.05) is 35.9 Å². The Morgan fingerprint density at radius 1 is 1.22 bits per heavy atom. The number of para-hydroxylation sites is 2. The molecule has 0 aliphatic rings. The largest absolute Gasteiger partial charge is 0.351 e. The number of aromatic nitrogens is 3. The van der Waals surface area contributed by atoms with Crippen LogP contribution in [0.4, 0.5) is 5.82 Å². The minimum atomic E-state index is -3.84. The van der Waals surface area contributed by atoms with Gasteiger partial charge in [-0.3, -0.25) is 0 Å². The molecule has 0 aliphatic heterocycles. The van der Waals surface area contributed by atoms with E-state index in [2.05, 4.69) is 9.97 Å². The highest BCUT2D eigenvalue weighted by atomic mass is 32.2. The molecule has 0 spiro atoms. The zero-order valence-electron chi connectivity index (χ0n) is 12.8. The molecular formula is C15H17N5O2S. The first-order chi connectivity index (χ1) is 10.9. The monoisotopic (exact) mass is 331 g/mol. The molecule has 0 saturated heterocycles. The average Bonchev–Trinajstić information content (AvgIpc) is 2.83. The van der Waals surface area contributed by atoms with E-state index in [-0.39, 0.29) is 4.90 Å². The zero-order chi connectivity index (χ0) is 16.6. The van der Waals surface area contributed by atoms with Gasteiger partial charge in [0.15, 0.2) is 0 Å². The van der Waals surface area contributed by atoms with Crippen molar-refractivity contribution in [3.8, 4) is 0 Å². The van der Waals surface area contributed by atoms with Crippen LogP contribution in [-0.4, -0.2) is 30.0 Å². The fourth-order valence-corrected chi connectivity index (χ4v) is 3.25. The predicted molar refractivity (Wildman–Crippen MR) is 88.4 cm³/mol. The van der Waals surface area contributed by atoms with Crippen LogP contribution in [0.15, 0.2) is 47.5 Å². The van der Waals surface area contributed by atoms with Crippen molar-refractivity contribution in [1.29, 1.82) is 0 Å². The molecule has 23 heavy (non-hydrogen) atoms. The Morgan fingerprint density at radius 3 is 2.65 bits per heavy atom. The first-order valence-electron chi connectivity index (χ1n) is 6.97. The molecule has 0 saturated carbocycles. The van der Waals surface area contributed by atoms with Crippen molar-refractivity contribution in [2.24, 2.45) is 12.2 Å². The molecule has 0 aliphatic carbocycles. The number of sulfonamides is 1. The third-order valence-corrected chi connectivity index (χ3v) is 4.61. The minimum absolute atomic E-state index is 0.00117. The number of nitrogens with two attached hydrogens (primary N) is 1. The first kappa shape index (κ1) is 15.4. The van der Waals surface area contributed by atoms with Crippen LogP contribution < -0.4 is 10.0 Å². The van der Waals surface area contributed by atoms with Gasteiger partial charge in [0.25, 0.3) is 0 Å². The van der Waals surface area contributed by atoms with E-state index in [1.165, 1.54) is 12.3 Å². The SMILES string of the molecule is CN(Cc1nc2ccccc2n1C)c1ncccc1S(N)(=O)=O. The van der Waals surface area contributed by atoms with Crippen LogP contribution in [0.2, 0.25) is 0 Å². The number of fused-ring (bicyclic) bond motifs is 1. The van der Waals surface area contributed by atoms with Gasteiger partial charge in [0, 0.05) is 20.3 Å². The highest BCUT2D eigenvalue weighted by Gasteiger charge is 2.19. The van der Waals surface area contributed by atoms with E-state index in [9.17, 15) is 8.42 Å². The van der Waals surface area contributed by atoms with Crippen LogP contribution in [0.1, 0.15) is 5.82 Å². The lowest BCUT2D eigenvalue weighted by Crippen LogP contribution is -2.24. The number of hydrogen-bond donors (Lipinski definition) is 1. The average molecular weight is 331 g/mol. The summed E-state index contributed by atoms with van der Waals surface area (Å²) in [7, 11) is -0.149. The summed E-state index contributed by atoms with van der Waals surface area (Å²) in [5.74, 6) is 1.11. The lowest BCUT2D eigenvalue weighted by molar-refractivity contribution is 0.596. The summed E-state index contributed by atoms with van der Waals surface area (Å²) in [5.41, 5.74) is 1.91. The van der Waals surface area contributed by atoms with Crippen molar-refractivity contribution in [2.45, 2.75) is 11.4 Å². The maximum atomic E-state index is 11.7. The van der Waals surface area contributed by atoms with E-state index >= 15 is 0 Å². The molecule has 0 atom stereocenters. The third kappa shape index (κ3) is 2.90. The van der Waals surface area contributed by atoms with Crippen LogP contribution in [0.25, 0.3) is 11.0 Å². The summed E-state index contributed by atoms with van der Waals surface area (Å²) >= 11 is 0. The number of hydrogen-bond acceptors (Lipinski definition) is 5. The van der Waals surface area contributed by atoms with Crippen LogP contribution in [-0.2, 0) is 23.6 Å². The van der Waals surface area contributed by atoms with Crippen molar-refractivity contribution < 1.29 is 8.42 Å². The van der Waals surface area contributed by atoms with Gasteiger partial charge in [0.1, 0.15) is 16.5 Å². The Morgan fingerprint density at radius 2 is 1.96 bits per heavy atom. The second-order valence-electron chi connectivity index (χ2n) is 5.30. The number of anilines is 1. The lowest BCUT2D eigenvalue weighted by atomic mass is 10.3. The number of primary sulfonamides is 1. The Labute approximate surface area is 134 Å². The predicted octanol–water partition coefficient (Wildman–Crippen LogP) is 1.25. The normalized spacial score (nSPS) is 11.8. The van der Waals surface area contributed by atoms with Gasteiger partial charge in [-0.25, -0.2) is 23.5 Å². The van der Waals surface area contributed by atoms with Crippen LogP contribution in [0.3, 0.4) is 0 Å². The van der Waals surface area contributed by atoms with E-state index < -0.39 is 10.0 Å². The van der Waals surface area contributed by atoms with Gasteiger partial charge in [-0.15, -0.1) is 0 Å². The number of nitrogens with zero attached hydrogens (tertiary/aromatic N) is 4. The maximum Gasteiger partial charge on any atom is 0.241 e. The molecule has 0 amide bonds. The molecule has 2 N–H and O–H groups in total. The van der Waals surface area contributed by atoms with Crippen molar-refractivity contribution in [3.63, 3.8) is 0 Å². The topological polar surface area (TPSA) is 94.1 Å². The summed E-state index contributed by atoms with van der Waals surface area (Å²) in [5, 5.41) is 5.26. The highest BCUT2D eigenvalue weighted by molar-refractivity contribution is 7.89. The quantitative estimate of drug-likeness (QED) is 0.776. The molecule has 0 bridgehead atoms. The standard InChI is InChI=1S/C15H17N5O2S/c1-19(15-13(23(16,21)22)8-5-9-17-15)10-14-18-11-6-3-4-7-12(11)20(14)2/h3-9H,10H2,1-2H3,(H2,16,21,22). The fourth-order valence-electron chi connectivity index (χ4n) is 2.51.